The number of methoxy groups -OCH3 is 2. The van der Waals surface area contributed by atoms with E-state index in [0.29, 0.717) is 12.1 Å². The van der Waals surface area contributed by atoms with Crippen molar-refractivity contribution in [3.8, 4) is 6.07 Å². The molecule has 1 saturated heterocycles. The molecule has 0 radical (unpaired) electrons. The van der Waals surface area contributed by atoms with Crippen LogP contribution in [-0.2, 0) is 14.3 Å². The number of allylic oxidation sites excluding steroid dienone is 1. The van der Waals surface area contributed by atoms with E-state index in [-0.39, 0.29) is 11.8 Å². The second kappa shape index (κ2) is 4.63. The molecule has 0 spiro atoms. The van der Waals surface area contributed by atoms with Crippen molar-refractivity contribution >= 4 is 5.97 Å². The van der Waals surface area contributed by atoms with Crippen LogP contribution in [0.5, 0.6) is 0 Å². The van der Waals surface area contributed by atoms with Crippen molar-refractivity contribution in [1.82, 2.24) is 5.32 Å². The van der Waals surface area contributed by atoms with Crippen molar-refractivity contribution < 1.29 is 14.3 Å². The number of carbonyl (C=O) groups excluding carboxylic acids is 1. The van der Waals surface area contributed by atoms with Gasteiger partial charge in [-0.2, -0.15) is 5.26 Å². The second-order valence-corrected chi connectivity index (χ2v) is 2.86. The number of hydrogen-bond donors (Lipinski definition) is 1. The van der Waals surface area contributed by atoms with E-state index >= 15 is 0 Å². The molecule has 5 heteroatoms. The van der Waals surface area contributed by atoms with Crippen molar-refractivity contribution in [3.05, 3.63) is 11.3 Å². The zero-order chi connectivity index (χ0) is 10.6. The molecule has 0 aromatic carbocycles. The van der Waals surface area contributed by atoms with Gasteiger partial charge in [0.25, 0.3) is 0 Å². The van der Waals surface area contributed by atoms with Crippen molar-refractivity contribution in [2.24, 2.45) is 0 Å². The van der Waals surface area contributed by atoms with Crippen LogP contribution in [0.25, 0.3) is 0 Å². The lowest BCUT2D eigenvalue weighted by Crippen LogP contribution is -2.23. The Labute approximate surface area is 82.3 Å². The van der Waals surface area contributed by atoms with E-state index in [1.54, 1.807) is 7.11 Å². The number of esters is 1. The van der Waals surface area contributed by atoms with E-state index in [4.69, 9.17) is 10.00 Å². The van der Waals surface area contributed by atoms with Gasteiger partial charge in [0.2, 0.25) is 0 Å². The summed E-state index contributed by atoms with van der Waals surface area (Å²) in [5.41, 5.74) is 0.637. The first kappa shape index (κ1) is 10.5. The summed E-state index contributed by atoms with van der Waals surface area (Å²) < 4.78 is 9.53. The quantitative estimate of drug-likeness (QED) is 0.390. The third-order valence-corrected chi connectivity index (χ3v) is 2.08. The van der Waals surface area contributed by atoms with Crippen LogP contribution in [0.3, 0.4) is 0 Å². The Morgan fingerprint density at radius 1 is 1.64 bits per heavy atom. The normalized spacial score (nSPS) is 23.6. The minimum atomic E-state index is -0.605. The van der Waals surface area contributed by atoms with Crippen LogP contribution in [0.15, 0.2) is 11.3 Å². The Balaban J connectivity index is 2.82. The summed E-state index contributed by atoms with van der Waals surface area (Å²) in [6.07, 6.45) is 1.28. The van der Waals surface area contributed by atoms with Gasteiger partial charge in [0.1, 0.15) is 12.3 Å². The van der Waals surface area contributed by atoms with Crippen molar-refractivity contribution in [1.29, 1.82) is 5.26 Å². The number of hydrogen-bond acceptors (Lipinski definition) is 5. The molecule has 0 aromatic heterocycles. The summed E-state index contributed by atoms with van der Waals surface area (Å²) in [6, 6.07) is 1.83. The number of ether oxygens (including phenoxy) is 2. The minimum absolute atomic E-state index is 0.0343. The molecule has 14 heavy (non-hydrogen) atoms. The highest BCUT2D eigenvalue weighted by molar-refractivity contribution is 5.93. The van der Waals surface area contributed by atoms with Gasteiger partial charge in [-0.15, -0.1) is 0 Å². The predicted octanol–water partition coefficient (Wildman–Crippen LogP) is 0.293. The van der Waals surface area contributed by atoms with E-state index in [1.807, 2.05) is 6.07 Å². The molecule has 1 aliphatic rings. The fraction of sp³-hybridized carbons (Fsp3) is 0.556. The Morgan fingerprint density at radius 2 is 2.36 bits per heavy atom. The van der Waals surface area contributed by atoms with Crippen LogP contribution in [-0.4, -0.2) is 26.4 Å². The monoisotopic (exact) mass is 196 g/mol. The van der Waals surface area contributed by atoms with Gasteiger partial charge in [0.15, 0.2) is 5.57 Å². The maximum atomic E-state index is 11.1. The van der Waals surface area contributed by atoms with Crippen molar-refractivity contribution in [2.45, 2.75) is 19.1 Å². The highest BCUT2D eigenvalue weighted by atomic mass is 16.5. The molecule has 1 N–H and O–H groups in total. The maximum Gasteiger partial charge on any atom is 0.350 e. The molecule has 0 aliphatic carbocycles. The van der Waals surface area contributed by atoms with Gasteiger partial charge >= 0.3 is 5.97 Å². The smallest absolute Gasteiger partial charge is 0.350 e. The van der Waals surface area contributed by atoms with Gasteiger partial charge < -0.3 is 14.8 Å². The van der Waals surface area contributed by atoms with Crippen LogP contribution in [0.2, 0.25) is 0 Å². The molecular weight excluding hydrogens is 184 g/mol. The molecule has 1 aliphatic heterocycles. The summed E-state index contributed by atoms with van der Waals surface area (Å²) in [4.78, 5) is 11.1. The molecule has 5 nitrogen and oxygen atoms in total. The maximum absolute atomic E-state index is 11.1. The summed E-state index contributed by atoms with van der Waals surface area (Å²) in [6.45, 7) is 0. The van der Waals surface area contributed by atoms with Gasteiger partial charge in [0, 0.05) is 12.8 Å². The molecule has 1 fully saturated rings. The van der Waals surface area contributed by atoms with Crippen LogP contribution < -0.4 is 5.32 Å². The van der Waals surface area contributed by atoms with Crippen molar-refractivity contribution in [3.63, 3.8) is 0 Å². The van der Waals surface area contributed by atoms with Crippen LogP contribution in [0.4, 0.5) is 0 Å². The summed E-state index contributed by atoms with van der Waals surface area (Å²) in [5.74, 6) is -0.605. The van der Waals surface area contributed by atoms with Crippen molar-refractivity contribution in [2.75, 3.05) is 14.2 Å². The number of nitrogens with zero attached hydrogens (tertiary/aromatic N) is 1. The molecule has 0 unspecified atom stereocenters. The van der Waals surface area contributed by atoms with Gasteiger partial charge in [-0.25, -0.2) is 4.79 Å². The minimum Gasteiger partial charge on any atom is -0.465 e. The van der Waals surface area contributed by atoms with Gasteiger partial charge in [-0.05, 0) is 12.8 Å². The summed E-state index contributed by atoms with van der Waals surface area (Å²) in [5, 5.41) is 11.7. The third-order valence-electron chi connectivity index (χ3n) is 2.08. The molecular formula is C9H12N2O3. The third kappa shape index (κ3) is 2.03. The Kier molecular flexibility index (Phi) is 3.48. The number of nitrogens with one attached hydrogen (secondary N) is 1. The lowest BCUT2D eigenvalue weighted by Gasteiger charge is -2.08. The first-order valence-corrected chi connectivity index (χ1v) is 4.23. The molecule has 0 amide bonds. The average molecular weight is 196 g/mol. The van der Waals surface area contributed by atoms with Crippen LogP contribution in [0.1, 0.15) is 12.8 Å². The summed E-state index contributed by atoms with van der Waals surface area (Å²) in [7, 11) is 2.83. The van der Waals surface area contributed by atoms with E-state index in [9.17, 15) is 4.79 Å². The largest absolute Gasteiger partial charge is 0.465 e. The highest BCUT2D eigenvalue weighted by Crippen LogP contribution is 2.19. The molecule has 0 bridgehead atoms. The van der Waals surface area contributed by atoms with Crippen LogP contribution in [0, 0.1) is 11.3 Å². The molecule has 1 rings (SSSR count). The molecule has 1 atom stereocenters. The zero-order valence-electron chi connectivity index (χ0n) is 8.16. The lowest BCUT2D eigenvalue weighted by molar-refractivity contribution is -0.135. The van der Waals surface area contributed by atoms with Gasteiger partial charge in [0.05, 0.1) is 7.11 Å². The van der Waals surface area contributed by atoms with Gasteiger partial charge in [-0.1, -0.05) is 0 Å². The molecule has 1 heterocycles. The Hall–Kier alpha value is -1.54. The lowest BCUT2D eigenvalue weighted by atomic mass is 10.2. The van der Waals surface area contributed by atoms with Crippen LogP contribution >= 0.6 is 0 Å². The Bertz CT molecular complexity index is 304. The molecule has 0 aromatic rings. The Morgan fingerprint density at radius 3 is 2.79 bits per heavy atom. The van der Waals surface area contributed by atoms with Gasteiger partial charge in [-0.3, -0.25) is 0 Å². The first-order chi connectivity index (χ1) is 6.72. The summed E-state index contributed by atoms with van der Waals surface area (Å²) >= 11 is 0. The van der Waals surface area contributed by atoms with E-state index < -0.39 is 5.97 Å². The topological polar surface area (TPSA) is 71.4 Å². The second-order valence-electron chi connectivity index (χ2n) is 2.86. The van der Waals surface area contributed by atoms with E-state index in [2.05, 4.69) is 10.1 Å². The molecule has 76 valence electrons. The standard InChI is InChI=1S/C9H12N2O3/c1-13-8-4-3-7(11-8)6(5-10)9(12)14-2/h8,11H,3-4H2,1-2H3/b7-6+/t8-/m0/s1. The predicted molar refractivity (Wildman–Crippen MR) is 47.8 cm³/mol. The van der Waals surface area contributed by atoms with E-state index in [1.165, 1.54) is 7.11 Å². The van der Waals surface area contributed by atoms with E-state index in [0.717, 1.165) is 6.42 Å². The zero-order valence-corrected chi connectivity index (χ0v) is 8.16. The number of carbonyl (C=O) groups is 1. The SMILES string of the molecule is COC(=O)/C(C#N)=C1\CC[C@H](OC)N1. The number of rotatable bonds is 2. The fourth-order valence-corrected chi connectivity index (χ4v) is 1.33. The number of nitriles is 1. The average Bonchev–Trinajstić information content (AvgIpc) is 2.67. The highest BCUT2D eigenvalue weighted by Gasteiger charge is 2.24. The fourth-order valence-electron chi connectivity index (χ4n) is 1.33. The molecule has 0 saturated carbocycles. The first-order valence-electron chi connectivity index (χ1n) is 4.23.